The maximum atomic E-state index is 5.64. The van der Waals surface area contributed by atoms with Crippen LogP contribution in [0.3, 0.4) is 0 Å². The van der Waals surface area contributed by atoms with Gasteiger partial charge in [0, 0.05) is 34.0 Å². The largest absolute Gasteiger partial charge is 0.495 e. The standard InChI is InChI=1S/C24H26Br2N2O/c1-29-24-20(14-18(25)15-21(24)26)22-12-11-19(27-22)16-28-13-7-3-6-10-23(28)17-8-4-2-5-9-17/h2,4-5,8-9,11-12,14-15,23,27H,3,6-7,10,13,16H2,1H3/t23-/m1/s1. The van der Waals surface area contributed by atoms with Gasteiger partial charge in [0.15, 0.2) is 0 Å². The minimum absolute atomic E-state index is 0.486. The quantitative estimate of drug-likeness (QED) is 0.383. The number of benzene rings is 2. The fourth-order valence-corrected chi connectivity index (χ4v) is 5.67. The maximum absolute atomic E-state index is 5.64. The van der Waals surface area contributed by atoms with Gasteiger partial charge in [-0.3, -0.25) is 4.90 Å². The number of hydrogen-bond donors (Lipinski definition) is 1. The molecule has 2 heterocycles. The van der Waals surface area contributed by atoms with Crippen molar-refractivity contribution in [1.82, 2.24) is 9.88 Å². The second-order valence-electron chi connectivity index (χ2n) is 7.61. The van der Waals surface area contributed by atoms with Crippen LogP contribution in [0.25, 0.3) is 11.3 Å². The van der Waals surface area contributed by atoms with Gasteiger partial charge in [-0.25, -0.2) is 0 Å². The normalized spacial score (nSPS) is 17.8. The smallest absolute Gasteiger partial charge is 0.142 e. The summed E-state index contributed by atoms with van der Waals surface area (Å²) in [7, 11) is 1.71. The topological polar surface area (TPSA) is 28.3 Å². The number of H-pyrrole nitrogens is 1. The van der Waals surface area contributed by atoms with Crippen molar-refractivity contribution in [3.8, 4) is 17.0 Å². The van der Waals surface area contributed by atoms with Crippen LogP contribution < -0.4 is 4.74 Å². The van der Waals surface area contributed by atoms with Crippen LogP contribution in [0.15, 0.2) is 63.5 Å². The lowest BCUT2D eigenvalue weighted by molar-refractivity contribution is 0.190. The van der Waals surface area contributed by atoms with Crippen molar-refractivity contribution in [2.45, 2.75) is 38.3 Å². The summed E-state index contributed by atoms with van der Waals surface area (Å²) in [5, 5.41) is 0. The van der Waals surface area contributed by atoms with Crippen LogP contribution in [-0.4, -0.2) is 23.5 Å². The monoisotopic (exact) mass is 516 g/mol. The second kappa shape index (κ2) is 9.50. The Bertz CT molecular complexity index is 955. The lowest BCUT2D eigenvalue weighted by Gasteiger charge is -2.30. The summed E-state index contributed by atoms with van der Waals surface area (Å²) >= 11 is 7.20. The van der Waals surface area contributed by atoms with Gasteiger partial charge in [0.05, 0.1) is 11.6 Å². The summed E-state index contributed by atoms with van der Waals surface area (Å²) in [5.74, 6) is 0.846. The first-order valence-electron chi connectivity index (χ1n) is 10.2. The van der Waals surface area contributed by atoms with E-state index < -0.39 is 0 Å². The number of aromatic amines is 1. The highest BCUT2D eigenvalue weighted by atomic mass is 79.9. The zero-order valence-electron chi connectivity index (χ0n) is 16.6. The van der Waals surface area contributed by atoms with Crippen molar-refractivity contribution in [2.75, 3.05) is 13.7 Å². The molecule has 3 aromatic rings. The average molecular weight is 518 g/mol. The second-order valence-corrected chi connectivity index (χ2v) is 9.38. The van der Waals surface area contributed by atoms with Crippen molar-refractivity contribution >= 4 is 31.9 Å². The number of likely N-dealkylation sites (tertiary alicyclic amines) is 1. The average Bonchev–Trinajstić information content (AvgIpc) is 3.06. The first-order valence-corrected chi connectivity index (χ1v) is 11.7. The number of halogens is 2. The Kier molecular flexibility index (Phi) is 6.78. The van der Waals surface area contributed by atoms with Gasteiger partial charge >= 0.3 is 0 Å². The van der Waals surface area contributed by atoms with Crippen molar-refractivity contribution in [3.05, 3.63) is 74.8 Å². The number of methoxy groups -OCH3 is 1. The molecule has 0 aliphatic carbocycles. The Morgan fingerprint density at radius 2 is 1.86 bits per heavy atom. The van der Waals surface area contributed by atoms with E-state index in [0.717, 1.165) is 39.0 Å². The van der Waals surface area contributed by atoms with Crippen LogP contribution in [0.1, 0.15) is 43.0 Å². The number of aromatic nitrogens is 1. The number of nitrogens with zero attached hydrogens (tertiary/aromatic N) is 1. The zero-order valence-corrected chi connectivity index (χ0v) is 19.8. The molecule has 0 bridgehead atoms. The van der Waals surface area contributed by atoms with Gasteiger partial charge in [0.25, 0.3) is 0 Å². The molecule has 152 valence electrons. The van der Waals surface area contributed by atoms with Gasteiger partial charge in [0.2, 0.25) is 0 Å². The molecule has 0 radical (unpaired) electrons. The third-order valence-corrected chi connectivity index (χ3v) is 6.72. The third kappa shape index (κ3) is 4.79. The zero-order chi connectivity index (χ0) is 20.2. The van der Waals surface area contributed by atoms with Crippen LogP contribution in [-0.2, 0) is 6.54 Å². The molecule has 5 heteroatoms. The molecule has 1 aromatic heterocycles. The van der Waals surface area contributed by atoms with Crippen LogP contribution in [0.5, 0.6) is 5.75 Å². The predicted molar refractivity (Wildman–Crippen MR) is 126 cm³/mol. The molecule has 1 saturated heterocycles. The summed E-state index contributed by atoms with van der Waals surface area (Å²) in [6.45, 7) is 2.07. The van der Waals surface area contributed by atoms with Crippen LogP contribution in [0.2, 0.25) is 0 Å². The Labute approximate surface area is 189 Å². The first kappa shape index (κ1) is 20.7. The molecule has 1 aliphatic rings. The van der Waals surface area contributed by atoms with Crippen LogP contribution in [0.4, 0.5) is 0 Å². The minimum atomic E-state index is 0.486. The predicted octanol–water partition coefficient (Wildman–Crippen LogP) is 7.33. The molecule has 1 N–H and O–H groups in total. The molecule has 3 nitrogen and oxygen atoms in total. The molecule has 0 amide bonds. The summed E-state index contributed by atoms with van der Waals surface area (Å²) in [6.07, 6.45) is 5.11. The molecule has 0 unspecified atom stereocenters. The van der Waals surface area contributed by atoms with Gasteiger partial charge in [0.1, 0.15) is 5.75 Å². The Morgan fingerprint density at radius 3 is 2.66 bits per heavy atom. The van der Waals surface area contributed by atoms with Gasteiger partial charge in [-0.15, -0.1) is 0 Å². The third-order valence-electron chi connectivity index (χ3n) is 5.67. The van der Waals surface area contributed by atoms with Crippen molar-refractivity contribution < 1.29 is 4.74 Å². The van der Waals surface area contributed by atoms with Crippen molar-refractivity contribution in [2.24, 2.45) is 0 Å². The fraction of sp³-hybridized carbons (Fsp3) is 0.333. The molecule has 1 fully saturated rings. The van der Waals surface area contributed by atoms with Crippen molar-refractivity contribution in [3.63, 3.8) is 0 Å². The van der Waals surface area contributed by atoms with Crippen LogP contribution >= 0.6 is 31.9 Å². The van der Waals surface area contributed by atoms with Crippen LogP contribution in [0, 0.1) is 0 Å². The summed E-state index contributed by atoms with van der Waals surface area (Å²) in [6, 6.07) is 19.9. The highest BCUT2D eigenvalue weighted by Crippen LogP contribution is 2.39. The molecular formula is C24H26Br2N2O. The fourth-order valence-electron chi connectivity index (χ4n) is 4.29. The summed E-state index contributed by atoms with van der Waals surface area (Å²) in [5.41, 5.74) is 4.79. The van der Waals surface area contributed by atoms with Gasteiger partial charge < -0.3 is 9.72 Å². The van der Waals surface area contributed by atoms with E-state index in [1.54, 1.807) is 7.11 Å². The number of ether oxygens (including phenoxy) is 1. The van der Waals surface area contributed by atoms with E-state index in [0.29, 0.717) is 6.04 Å². The molecule has 4 rings (SSSR count). The summed E-state index contributed by atoms with van der Waals surface area (Å²) < 4.78 is 7.60. The summed E-state index contributed by atoms with van der Waals surface area (Å²) in [4.78, 5) is 6.27. The van der Waals surface area contributed by atoms with Crippen molar-refractivity contribution in [1.29, 1.82) is 0 Å². The molecule has 2 aromatic carbocycles. The number of hydrogen-bond acceptors (Lipinski definition) is 2. The number of nitrogens with one attached hydrogen (secondary N) is 1. The lowest BCUT2D eigenvalue weighted by Crippen LogP contribution is -2.28. The number of rotatable bonds is 5. The minimum Gasteiger partial charge on any atom is -0.495 e. The van der Waals surface area contributed by atoms with E-state index in [1.165, 1.54) is 36.9 Å². The first-order chi connectivity index (χ1) is 14.2. The molecule has 0 spiro atoms. The Balaban J connectivity index is 1.60. The van der Waals surface area contributed by atoms with E-state index in [4.69, 9.17) is 4.74 Å². The highest BCUT2D eigenvalue weighted by molar-refractivity contribution is 9.11. The highest BCUT2D eigenvalue weighted by Gasteiger charge is 2.23. The van der Waals surface area contributed by atoms with Gasteiger partial charge in [-0.1, -0.05) is 59.1 Å². The molecule has 29 heavy (non-hydrogen) atoms. The molecule has 0 saturated carbocycles. The molecular weight excluding hydrogens is 492 g/mol. The van der Waals surface area contributed by atoms with Gasteiger partial charge in [-0.05, 0) is 65.1 Å². The molecule has 1 atom stereocenters. The maximum Gasteiger partial charge on any atom is 0.142 e. The van der Waals surface area contributed by atoms with E-state index in [2.05, 4.69) is 90.3 Å². The lowest BCUT2D eigenvalue weighted by atomic mass is 10.0. The van der Waals surface area contributed by atoms with Gasteiger partial charge in [-0.2, -0.15) is 0 Å². The van der Waals surface area contributed by atoms with E-state index in [-0.39, 0.29) is 0 Å². The SMILES string of the molecule is COc1c(Br)cc(Br)cc1-c1ccc(CN2CCCCC[C@@H]2c2ccccc2)[nH]1. The van der Waals surface area contributed by atoms with E-state index in [9.17, 15) is 0 Å². The molecule has 1 aliphatic heterocycles. The Hall–Kier alpha value is -1.56. The Morgan fingerprint density at radius 1 is 1.03 bits per heavy atom. The van der Waals surface area contributed by atoms with E-state index in [1.807, 2.05) is 6.07 Å². The van der Waals surface area contributed by atoms with E-state index >= 15 is 0 Å².